The highest BCUT2D eigenvalue weighted by Gasteiger charge is 2.18. The van der Waals surface area contributed by atoms with Crippen LogP contribution in [-0.2, 0) is 0 Å². The molecule has 0 saturated carbocycles. The number of hydrogen-bond acceptors (Lipinski definition) is 3. The summed E-state index contributed by atoms with van der Waals surface area (Å²) in [4.78, 5) is 4.83. The third kappa shape index (κ3) is 3.39. The van der Waals surface area contributed by atoms with Crippen LogP contribution in [-0.4, -0.2) is 45.7 Å². The van der Waals surface area contributed by atoms with Crippen LogP contribution >= 0.6 is 0 Å². The Labute approximate surface area is 111 Å². The van der Waals surface area contributed by atoms with Gasteiger partial charge in [0.25, 0.3) is 0 Å². The molecule has 0 spiro atoms. The van der Waals surface area contributed by atoms with E-state index in [-0.39, 0.29) is 0 Å². The average Bonchev–Trinajstić information content (AvgIpc) is 2.39. The molecule has 1 aromatic carbocycles. The summed E-state index contributed by atoms with van der Waals surface area (Å²) in [5.74, 6) is 0.803. The number of piperidine rings is 1. The first-order chi connectivity index (χ1) is 8.69. The second-order valence-electron chi connectivity index (χ2n) is 5.45. The van der Waals surface area contributed by atoms with Crippen LogP contribution in [0.4, 0.5) is 11.4 Å². The molecule has 0 radical (unpaired) electrons. The molecule has 1 N–H and O–H groups in total. The number of rotatable bonds is 4. The van der Waals surface area contributed by atoms with Gasteiger partial charge in [-0.15, -0.1) is 0 Å². The van der Waals surface area contributed by atoms with Gasteiger partial charge in [-0.2, -0.15) is 0 Å². The first kappa shape index (κ1) is 13.2. The first-order valence-electron chi connectivity index (χ1n) is 6.86. The van der Waals surface area contributed by atoms with Gasteiger partial charge in [-0.25, -0.2) is 0 Å². The summed E-state index contributed by atoms with van der Waals surface area (Å²) in [6, 6.07) is 8.66. The van der Waals surface area contributed by atoms with Crippen molar-refractivity contribution >= 4 is 11.4 Å². The number of nitrogens with zero attached hydrogens (tertiary/aromatic N) is 2. The van der Waals surface area contributed by atoms with Gasteiger partial charge in [-0.1, -0.05) is 0 Å². The third-order valence-electron chi connectivity index (χ3n) is 3.85. The molecule has 2 rings (SSSR count). The molecule has 1 aliphatic heterocycles. The maximum absolute atomic E-state index is 3.16. The zero-order chi connectivity index (χ0) is 13.0. The van der Waals surface area contributed by atoms with E-state index in [1.165, 1.54) is 37.3 Å². The molecule has 1 unspecified atom stereocenters. The Kier molecular flexibility index (Phi) is 4.48. The van der Waals surface area contributed by atoms with Crippen LogP contribution in [0, 0.1) is 5.92 Å². The topological polar surface area (TPSA) is 18.5 Å². The van der Waals surface area contributed by atoms with Crippen molar-refractivity contribution in [3.8, 4) is 0 Å². The standard InChI is InChI=1S/C15H25N3/c1-16-14-6-8-15(9-7-14)18(3)12-13-5-4-10-17(2)11-13/h6-9,13,16H,4-5,10-12H2,1-3H3. The van der Waals surface area contributed by atoms with Crippen molar-refractivity contribution in [2.24, 2.45) is 5.92 Å². The highest BCUT2D eigenvalue weighted by atomic mass is 15.1. The lowest BCUT2D eigenvalue weighted by Gasteiger charge is -2.33. The molecular formula is C15H25N3. The SMILES string of the molecule is CNc1ccc(N(C)CC2CCCN(C)C2)cc1. The van der Waals surface area contributed by atoms with Gasteiger partial charge in [0.05, 0.1) is 0 Å². The fourth-order valence-corrected chi connectivity index (χ4v) is 2.80. The number of nitrogens with one attached hydrogen (secondary N) is 1. The summed E-state index contributed by atoms with van der Waals surface area (Å²) in [5, 5.41) is 3.16. The summed E-state index contributed by atoms with van der Waals surface area (Å²) < 4.78 is 0. The zero-order valence-corrected chi connectivity index (χ0v) is 11.8. The molecule has 100 valence electrons. The van der Waals surface area contributed by atoms with Gasteiger partial charge in [-0.05, 0) is 56.6 Å². The van der Waals surface area contributed by atoms with Crippen molar-refractivity contribution in [2.75, 3.05) is 51.0 Å². The summed E-state index contributed by atoms with van der Waals surface area (Å²) in [5.41, 5.74) is 2.48. The van der Waals surface area contributed by atoms with Crippen molar-refractivity contribution in [1.29, 1.82) is 0 Å². The number of anilines is 2. The first-order valence-corrected chi connectivity index (χ1v) is 6.86. The van der Waals surface area contributed by atoms with E-state index < -0.39 is 0 Å². The predicted octanol–water partition coefficient (Wildman–Crippen LogP) is 2.51. The van der Waals surface area contributed by atoms with E-state index in [1.807, 2.05) is 7.05 Å². The fraction of sp³-hybridized carbons (Fsp3) is 0.600. The number of hydrogen-bond donors (Lipinski definition) is 1. The van der Waals surface area contributed by atoms with Crippen LogP contribution in [0.15, 0.2) is 24.3 Å². The van der Waals surface area contributed by atoms with Crippen LogP contribution in [0.5, 0.6) is 0 Å². The number of likely N-dealkylation sites (tertiary alicyclic amines) is 1. The molecule has 1 aliphatic rings. The third-order valence-corrected chi connectivity index (χ3v) is 3.85. The van der Waals surface area contributed by atoms with Gasteiger partial charge in [0, 0.05) is 38.6 Å². The maximum atomic E-state index is 3.16. The second-order valence-corrected chi connectivity index (χ2v) is 5.45. The van der Waals surface area contributed by atoms with E-state index in [4.69, 9.17) is 0 Å². The van der Waals surface area contributed by atoms with Gasteiger partial charge in [-0.3, -0.25) is 0 Å². The zero-order valence-electron chi connectivity index (χ0n) is 11.8. The summed E-state index contributed by atoms with van der Waals surface area (Å²) in [6.07, 6.45) is 2.71. The molecule has 1 atom stereocenters. The van der Waals surface area contributed by atoms with Gasteiger partial charge in [0.15, 0.2) is 0 Å². The van der Waals surface area contributed by atoms with E-state index in [0.717, 1.165) is 12.5 Å². The van der Waals surface area contributed by atoms with Gasteiger partial charge < -0.3 is 15.1 Å². The Hall–Kier alpha value is -1.22. The summed E-state index contributed by atoms with van der Waals surface area (Å²) in [7, 11) is 6.38. The predicted molar refractivity (Wildman–Crippen MR) is 79.5 cm³/mol. The fourth-order valence-electron chi connectivity index (χ4n) is 2.80. The van der Waals surface area contributed by atoms with E-state index in [9.17, 15) is 0 Å². The molecule has 0 amide bonds. The van der Waals surface area contributed by atoms with Gasteiger partial charge in [0.2, 0.25) is 0 Å². The molecule has 1 aromatic rings. The highest BCUT2D eigenvalue weighted by Crippen LogP contribution is 2.21. The molecule has 1 saturated heterocycles. The molecule has 1 fully saturated rings. The Bertz CT molecular complexity index is 361. The minimum Gasteiger partial charge on any atom is -0.388 e. The largest absolute Gasteiger partial charge is 0.388 e. The van der Waals surface area contributed by atoms with Crippen LogP contribution in [0.3, 0.4) is 0 Å². The molecular weight excluding hydrogens is 222 g/mol. The molecule has 18 heavy (non-hydrogen) atoms. The highest BCUT2D eigenvalue weighted by molar-refractivity contribution is 5.54. The minimum absolute atomic E-state index is 0.803. The van der Waals surface area contributed by atoms with Crippen molar-refractivity contribution in [3.05, 3.63) is 24.3 Å². The van der Waals surface area contributed by atoms with E-state index in [1.54, 1.807) is 0 Å². The van der Waals surface area contributed by atoms with Gasteiger partial charge >= 0.3 is 0 Å². The Morgan fingerprint density at radius 2 is 2.06 bits per heavy atom. The molecule has 3 nitrogen and oxygen atoms in total. The monoisotopic (exact) mass is 247 g/mol. The van der Waals surface area contributed by atoms with E-state index >= 15 is 0 Å². The maximum Gasteiger partial charge on any atom is 0.0365 e. The quantitative estimate of drug-likeness (QED) is 0.882. The second kappa shape index (κ2) is 6.10. The lowest BCUT2D eigenvalue weighted by molar-refractivity contribution is 0.213. The Morgan fingerprint density at radius 1 is 1.33 bits per heavy atom. The lowest BCUT2D eigenvalue weighted by atomic mass is 9.98. The molecule has 0 aliphatic carbocycles. The van der Waals surface area contributed by atoms with E-state index in [0.29, 0.717) is 0 Å². The van der Waals surface area contributed by atoms with Crippen molar-refractivity contribution in [2.45, 2.75) is 12.8 Å². The van der Waals surface area contributed by atoms with E-state index in [2.05, 4.69) is 53.5 Å². The van der Waals surface area contributed by atoms with Crippen LogP contribution in [0.1, 0.15) is 12.8 Å². The average molecular weight is 247 g/mol. The molecule has 0 bridgehead atoms. The molecule has 3 heteroatoms. The molecule has 1 heterocycles. The van der Waals surface area contributed by atoms with Crippen LogP contribution < -0.4 is 10.2 Å². The summed E-state index contributed by atoms with van der Waals surface area (Å²) >= 11 is 0. The Balaban J connectivity index is 1.91. The molecule has 0 aromatic heterocycles. The van der Waals surface area contributed by atoms with Gasteiger partial charge in [0.1, 0.15) is 0 Å². The van der Waals surface area contributed by atoms with Crippen molar-refractivity contribution in [3.63, 3.8) is 0 Å². The van der Waals surface area contributed by atoms with Crippen molar-refractivity contribution < 1.29 is 0 Å². The van der Waals surface area contributed by atoms with Crippen LogP contribution in [0.25, 0.3) is 0 Å². The van der Waals surface area contributed by atoms with Crippen LogP contribution in [0.2, 0.25) is 0 Å². The normalized spacial score (nSPS) is 20.7. The minimum atomic E-state index is 0.803. The Morgan fingerprint density at radius 3 is 2.67 bits per heavy atom. The smallest absolute Gasteiger partial charge is 0.0365 e. The van der Waals surface area contributed by atoms with Crippen molar-refractivity contribution in [1.82, 2.24) is 4.90 Å². The summed E-state index contributed by atoms with van der Waals surface area (Å²) in [6.45, 7) is 3.65. The number of benzene rings is 1. The lowest BCUT2D eigenvalue weighted by Crippen LogP contribution is -2.38.